The molecule has 0 heterocycles. The molecule has 7 heteroatoms. The Hall–Kier alpha value is -1.76. The number of carbonyl (C=O) groups excluding carboxylic acids is 1. The number of alkyl halides is 3. The number of hydrogen-bond acceptors (Lipinski definition) is 4. The van der Waals surface area contributed by atoms with Crippen LogP contribution >= 0.6 is 0 Å². The van der Waals surface area contributed by atoms with Crippen LogP contribution in [0, 0.1) is 0 Å². The molecule has 0 amide bonds. The zero-order chi connectivity index (χ0) is 14.7. The lowest BCUT2D eigenvalue weighted by Crippen LogP contribution is -2.57. The molecule has 1 rings (SSSR count). The third kappa shape index (κ3) is 2.65. The third-order valence-corrected chi connectivity index (χ3v) is 2.58. The first kappa shape index (κ1) is 15.3. The van der Waals surface area contributed by atoms with Crippen molar-refractivity contribution in [3.8, 4) is 5.75 Å². The molecule has 0 aliphatic rings. The molecule has 0 saturated carbocycles. The van der Waals surface area contributed by atoms with E-state index in [1.165, 1.54) is 32.2 Å². The van der Waals surface area contributed by atoms with Gasteiger partial charge in [0.2, 0.25) is 5.54 Å². The molecule has 1 atom stereocenters. The maximum atomic E-state index is 13.2. The standard InChI is InChI=1S/C12H14F3NO3/c1-3-19-10(17)11(16,12(13,14)15)8-6-4-5-7-9(8)18-2/h4-7H,3,16H2,1-2H3. The molecular formula is C12H14F3NO3. The summed E-state index contributed by atoms with van der Waals surface area (Å²) in [6, 6.07) is 5.19. The van der Waals surface area contributed by atoms with Crippen molar-refractivity contribution in [1.29, 1.82) is 0 Å². The minimum Gasteiger partial charge on any atom is -0.496 e. The lowest BCUT2D eigenvalue weighted by atomic mass is 9.89. The molecule has 19 heavy (non-hydrogen) atoms. The van der Waals surface area contributed by atoms with Crippen LogP contribution < -0.4 is 10.5 Å². The number of methoxy groups -OCH3 is 1. The summed E-state index contributed by atoms with van der Waals surface area (Å²) in [5.41, 5.74) is 1.59. The van der Waals surface area contributed by atoms with Crippen LogP contribution in [0.15, 0.2) is 24.3 Å². The minimum atomic E-state index is -5.01. The number of hydrogen-bond donors (Lipinski definition) is 1. The highest BCUT2D eigenvalue weighted by atomic mass is 19.4. The quantitative estimate of drug-likeness (QED) is 0.855. The van der Waals surface area contributed by atoms with Gasteiger partial charge in [-0.15, -0.1) is 0 Å². The monoisotopic (exact) mass is 277 g/mol. The van der Waals surface area contributed by atoms with Crippen molar-refractivity contribution in [2.75, 3.05) is 13.7 Å². The Balaban J connectivity index is 3.44. The number of ether oxygens (including phenoxy) is 2. The summed E-state index contributed by atoms with van der Waals surface area (Å²) in [7, 11) is 1.20. The maximum absolute atomic E-state index is 13.2. The Labute approximate surface area is 108 Å². The molecule has 0 aliphatic heterocycles. The van der Waals surface area contributed by atoms with Crippen LogP contribution in [0.1, 0.15) is 12.5 Å². The van der Waals surface area contributed by atoms with E-state index in [0.717, 1.165) is 6.07 Å². The fourth-order valence-electron chi connectivity index (χ4n) is 1.59. The largest absolute Gasteiger partial charge is 0.496 e. The highest BCUT2D eigenvalue weighted by molar-refractivity contribution is 5.84. The second kappa shape index (κ2) is 5.48. The second-order valence-corrected chi connectivity index (χ2v) is 3.73. The van der Waals surface area contributed by atoms with Gasteiger partial charge < -0.3 is 15.2 Å². The van der Waals surface area contributed by atoms with Crippen molar-refractivity contribution in [1.82, 2.24) is 0 Å². The summed E-state index contributed by atoms with van der Waals surface area (Å²) in [6.45, 7) is 1.19. The molecule has 1 aromatic carbocycles. The highest BCUT2D eigenvalue weighted by Gasteiger charge is 2.61. The first-order chi connectivity index (χ1) is 8.79. The van der Waals surface area contributed by atoms with Crippen molar-refractivity contribution in [3.05, 3.63) is 29.8 Å². The summed E-state index contributed by atoms with van der Waals surface area (Å²) >= 11 is 0. The molecule has 0 radical (unpaired) electrons. The van der Waals surface area contributed by atoms with Gasteiger partial charge in [0.15, 0.2) is 0 Å². The Morgan fingerprint density at radius 1 is 1.32 bits per heavy atom. The van der Waals surface area contributed by atoms with Gasteiger partial charge in [-0.25, -0.2) is 4.79 Å². The van der Waals surface area contributed by atoms with E-state index in [-0.39, 0.29) is 12.4 Å². The number of halogens is 3. The summed E-state index contributed by atoms with van der Waals surface area (Å²) in [4.78, 5) is 11.7. The number of benzene rings is 1. The fraction of sp³-hybridized carbons (Fsp3) is 0.417. The molecule has 0 spiro atoms. The van der Waals surface area contributed by atoms with Gasteiger partial charge in [0.05, 0.1) is 13.7 Å². The van der Waals surface area contributed by atoms with Crippen LogP contribution in [0.3, 0.4) is 0 Å². The van der Waals surface area contributed by atoms with Crippen molar-refractivity contribution >= 4 is 5.97 Å². The molecule has 1 unspecified atom stereocenters. The van der Waals surface area contributed by atoms with Crippen LogP contribution in [0.25, 0.3) is 0 Å². The van der Waals surface area contributed by atoms with E-state index in [2.05, 4.69) is 4.74 Å². The molecule has 1 aromatic rings. The summed E-state index contributed by atoms with van der Waals surface area (Å²) in [5.74, 6) is -1.69. The Kier molecular flexibility index (Phi) is 4.41. The van der Waals surface area contributed by atoms with Crippen molar-refractivity contribution in [2.45, 2.75) is 18.6 Å². The lowest BCUT2D eigenvalue weighted by molar-refractivity contribution is -0.208. The molecule has 4 nitrogen and oxygen atoms in total. The third-order valence-electron chi connectivity index (χ3n) is 2.58. The predicted molar refractivity (Wildman–Crippen MR) is 61.5 cm³/mol. The number of nitrogens with two attached hydrogens (primary N) is 1. The van der Waals surface area contributed by atoms with E-state index >= 15 is 0 Å². The first-order valence-electron chi connectivity index (χ1n) is 5.45. The van der Waals surface area contributed by atoms with Gasteiger partial charge in [-0.2, -0.15) is 13.2 Å². The second-order valence-electron chi connectivity index (χ2n) is 3.73. The molecule has 106 valence electrons. The van der Waals surface area contributed by atoms with Gasteiger partial charge in [0, 0.05) is 5.56 Å². The fourth-order valence-corrected chi connectivity index (χ4v) is 1.59. The number of carbonyl (C=O) groups is 1. The van der Waals surface area contributed by atoms with E-state index in [4.69, 9.17) is 10.5 Å². The molecular weight excluding hydrogens is 263 g/mol. The summed E-state index contributed by atoms with van der Waals surface area (Å²) < 4.78 is 48.9. The van der Waals surface area contributed by atoms with Crippen LogP contribution in [-0.4, -0.2) is 25.9 Å². The number of esters is 1. The lowest BCUT2D eigenvalue weighted by Gasteiger charge is -2.30. The maximum Gasteiger partial charge on any atom is 0.421 e. The Morgan fingerprint density at radius 3 is 2.37 bits per heavy atom. The van der Waals surface area contributed by atoms with Crippen LogP contribution in [0.5, 0.6) is 5.75 Å². The average Bonchev–Trinajstić information content (AvgIpc) is 2.36. The van der Waals surface area contributed by atoms with E-state index in [1.54, 1.807) is 0 Å². The SMILES string of the molecule is CCOC(=O)C(N)(c1ccccc1OC)C(F)(F)F. The Morgan fingerprint density at radius 2 is 1.89 bits per heavy atom. The number of rotatable bonds is 4. The molecule has 0 aliphatic carbocycles. The van der Waals surface area contributed by atoms with Crippen LogP contribution in [-0.2, 0) is 15.1 Å². The van der Waals surface area contributed by atoms with Crippen LogP contribution in [0.4, 0.5) is 13.2 Å². The highest BCUT2D eigenvalue weighted by Crippen LogP contribution is 2.41. The zero-order valence-electron chi connectivity index (χ0n) is 10.5. The van der Waals surface area contributed by atoms with Gasteiger partial charge in [-0.3, -0.25) is 0 Å². The predicted octanol–water partition coefficient (Wildman–Crippen LogP) is 1.97. The van der Waals surface area contributed by atoms with Crippen molar-refractivity contribution in [2.24, 2.45) is 5.73 Å². The van der Waals surface area contributed by atoms with E-state index in [9.17, 15) is 18.0 Å². The normalized spacial score (nSPS) is 14.6. The molecule has 2 N–H and O–H groups in total. The summed E-state index contributed by atoms with van der Waals surface area (Å²) in [5, 5.41) is 0. The molecule has 0 saturated heterocycles. The van der Waals surface area contributed by atoms with Gasteiger partial charge in [-0.1, -0.05) is 18.2 Å². The molecule has 0 aromatic heterocycles. The number of para-hydroxylation sites is 1. The molecule has 0 fully saturated rings. The summed E-state index contributed by atoms with van der Waals surface area (Å²) in [6.07, 6.45) is -5.01. The average molecular weight is 277 g/mol. The van der Waals surface area contributed by atoms with Crippen molar-refractivity contribution in [3.63, 3.8) is 0 Å². The molecule has 0 bridgehead atoms. The van der Waals surface area contributed by atoms with Gasteiger partial charge in [-0.05, 0) is 13.0 Å². The van der Waals surface area contributed by atoms with Gasteiger partial charge >= 0.3 is 12.1 Å². The van der Waals surface area contributed by atoms with Crippen LogP contribution in [0.2, 0.25) is 0 Å². The van der Waals surface area contributed by atoms with E-state index in [0.29, 0.717) is 0 Å². The minimum absolute atomic E-state index is 0.129. The first-order valence-corrected chi connectivity index (χ1v) is 5.45. The Bertz CT molecular complexity index is 462. The van der Waals surface area contributed by atoms with E-state index in [1.807, 2.05) is 0 Å². The van der Waals surface area contributed by atoms with E-state index < -0.39 is 23.2 Å². The van der Waals surface area contributed by atoms with Gasteiger partial charge in [0.25, 0.3) is 0 Å². The topological polar surface area (TPSA) is 61.5 Å². The van der Waals surface area contributed by atoms with Gasteiger partial charge in [0.1, 0.15) is 5.75 Å². The van der Waals surface area contributed by atoms with Crippen molar-refractivity contribution < 1.29 is 27.4 Å². The zero-order valence-corrected chi connectivity index (χ0v) is 10.5. The smallest absolute Gasteiger partial charge is 0.421 e.